The number of hydrogen-bond acceptors (Lipinski definition) is 3. The van der Waals surface area contributed by atoms with Crippen molar-refractivity contribution in [1.82, 2.24) is 9.47 Å². The lowest BCUT2D eigenvalue weighted by Crippen LogP contribution is -2.35. The molecule has 0 bridgehead atoms. The number of fused-ring (bicyclic) bond motifs is 1. The van der Waals surface area contributed by atoms with Crippen LogP contribution >= 0.6 is 0 Å². The Hall–Kier alpha value is -2.69. The van der Waals surface area contributed by atoms with Gasteiger partial charge in [0.25, 0.3) is 17.4 Å². The normalized spacial score (nSPS) is 13.7. The van der Waals surface area contributed by atoms with Gasteiger partial charge in [0.15, 0.2) is 0 Å². The lowest BCUT2D eigenvalue weighted by molar-refractivity contribution is 0.0648. The SMILES string of the molecule is Cc1cccn(CCN2C(=O)c3ccccc3C2=O)c1=O. The number of nitrogens with zero attached hydrogens (tertiary/aromatic N) is 2. The van der Waals surface area contributed by atoms with Crippen LogP contribution in [-0.2, 0) is 6.54 Å². The monoisotopic (exact) mass is 282 g/mol. The number of aromatic nitrogens is 1. The number of pyridine rings is 1. The van der Waals surface area contributed by atoms with Crippen molar-refractivity contribution < 1.29 is 9.59 Å². The summed E-state index contributed by atoms with van der Waals surface area (Å²) in [5.74, 6) is -0.590. The Morgan fingerprint density at radius 3 is 2.10 bits per heavy atom. The molecule has 2 aromatic rings. The fourth-order valence-corrected chi connectivity index (χ4v) is 2.48. The second-order valence-corrected chi connectivity index (χ2v) is 5.00. The maximum absolute atomic E-state index is 12.2. The van der Waals surface area contributed by atoms with Gasteiger partial charge in [-0.05, 0) is 25.1 Å². The molecule has 106 valence electrons. The molecule has 0 radical (unpaired) electrons. The highest BCUT2D eigenvalue weighted by atomic mass is 16.2. The molecule has 5 heteroatoms. The van der Waals surface area contributed by atoms with Crippen molar-refractivity contribution in [2.24, 2.45) is 0 Å². The number of imide groups is 1. The van der Waals surface area contributed by atoms with Crippen LogP contribution in [0.5, 0.6) is 0 Å². The fourth-order valence-electron chi connectivity index (χ4n) is 2.48. The van der Waals surface area contributed by atoms with Crippen molar-refractivity contribution in [1.29, 1.82) is 0 Å². The fraction of sp³-hybridized carbons (Fsp3) is 0.188. The molecule has 5 nitrogen and oxygen atoms in total. The van der Waals surface area contributed by atoms with Gasteiger partial charge in [-0.1, -0.05) is 18.2 Å². The van der Waals surface area contributed by atoms with Gasteiger partial charge in [-0.2, -0.15) is 0 Å². The van der Waals surface area contributed by atoms with Crippen molar-refractivity contribution in [2.75, 3.05) is 6.54 Å². The van der Waals surface area contributed by atoms with Crippen LogP contribution < -0.4 is 5.56 Å². The molecular weight excluding hydrogens is 268 g/mol. The zero-order chi connectivity index (χ0) is 15.0. The Morgan fingerprint density at radius 2 is 1.48 bits per heavy atom. The molecular formula is C16H14N2O3. The molecule has 21 heavy (non-hydrogen) atoms. The zero-order valence-electron chi connectivity index (χ0n) is 11.6. The van der Waals surface area contributed by atoms with E-state index < -0.39 is 0 Å². The molecule has 0 aliphatic carbocycles. The third-order valence-corrected chi connectivity index (χ3v) is 3.65. The van der Waals surface area contributed by atoms with Crippen molar-refractivity contribution in [3.8, 4) is 0 Å². The summed E-state index contributed by atoms with van der Waals surface area (Å²) in [5.41, 5.74) is 1.40. The van der Waals surface area contributed by atoms with Gasteiger partial charge >= 0.3 is 0 Å². The van der Waals surface area contributed by atoms with Crippen molar-refractivity contribution >= 4 is 11.8 Å². The summed E-state index contributed by atoms with van der Waals surface area (Å²) < 4.78 is 1.51. The lowest BCUT2D eigenvalue weighted by atomic mass is 10.1. The van der Waals surface area contributed by atoms with Crippen LogP contribution in [-0.4, -0.2) is 27.8 Å². The number of hydrogen-bond donors (Lipinski definition) is 0. The summed E-state index contributed by atoms with van der Waals surface area (Å²) in [6.45, 7) is 2.22. The second kappa shape index (κ2) is 5.01. The molecule has 0 N–H and O–H groups in total. The van der Waals surface area contributed by atoms with E-state index in [0.717, 1.165) is 0 Å². The molecule has 1 aromatic heterocycles. The van der Waals surface area contributed by atoms with E-state index in [-0.39, 0.29) is 23.9 Å². The molecule has 2 heterocycles. The zero-order valence-corrected chi connectivity index (χ0v) is 11.6. The van der Waals surface area contributed by atoms with Gasteiger partial charge in [0.1, 0.15) is 0 Å². The minimum atomic E-state index is -0.295. The minimum absolute atomic E-state index is 0.103. The highest BCUT2D eigenvalue weighted by Crippen LogP contribution is 2.21. The molecule has 0 atom stereocenters. The first-order chi connectivity index (χ1) is 10.1. The van der Waals surface area contributed by atoms with Crippen molar-refractivity contribution in [3.63, 3.8) is 0 Å². The van der Waals surface area contributed by atoms with Crippen LogP contribution in [0.1, 0.15) is 26.3 Å². The van der Waals surface area contributed by atoms with Gasteiger partial charge in [0, 0.05) is 24.8 Å². The predicted octanol–water partition coefficient (Wildman–Crippen LogP) is 1.45. The molecule has 1 aliphatic heterocycles. The Bertz CT molecular complexity index is 757. The van der Waals surface area contributed by atoms with Crippen LogP contribution in [0.25, 0.3) is 0 Å². The highest BCUT2D eigenvalue weighted by Gasteiger charge is 2.34. The van der Waals surface area contributed by atoms with E-state index in [1.54, 1.807) is 49.5 Å². The molecule has 3 rings (SSSR count). The van der Waals surface area contributed by atoms with Gasteiger partial charge < -0.3 is 4.57 Å². The summed E-state index contributed by atoms with van der Waals surface area (Å²) in [4.78, 5) is 37.5. The van der Waals surface area contributed by atoms with E-state index in [2.05, 4.69) is 0 Å². The molecule has 0 saturated heterocycles. The Morgan fingerprint density at radius 1 is 0.857 bits per heavy atom. The molecule has 1 aliphatic rings. The molecule has 0 unspecified atom stereocenters. The maximum atomic E-state index is 12.2. The largest absolute Gasteiger partial charge is 0.314 e. The Labute approximate surface area is 121 Å². The molecule has 0 saturated carbocycles. The maximum Gasteiger partial charge on any atom is 0.261 e. The Kier molecular flexibility index (Phi) is 3.17. The van der Waals surface area contributed by atoms with Crippen molar-refractivity contribution in [2.45, 2.75) is 13.5 Å². The third-order valence-electron chi connectivity index (χ3n) is 3.65. The summed E-state index contributed by atoms with van der Waals surface area (Å²) >= 11 is 0. The van der Waals surface area contributed by atoms with Gasteiger partial charge in [0.05, 0.1) is 11.1 Å². The summed E-state index contributed by atoms with van der Waals surface area (Å²) in [5, 5.41) is 0. The first kappa shape index (κ1) is 13.3. The van der Waals surface area contributed by atoms with E-state index in [1.165, 1.54) is 9.47 Å². The molecule has 2 amide bonds. The number of rotatable bonds is 3. The first-order valence-corrected chi connectivity index (χ1v) is 6.71. The van der Waals surface area contributed by atoms with E-state index in [9.17, 15) is 14.4 Å². The van der Waals surface area contributed by atoms with E-state index in [1.807, 2.05) is 0 Å². The standard InChI is InChI=1S/C16H14N2O3/c1-11-5-4-8-17(14(11)19)9-10-18-15(20)12-6-2-3-7-13(12)16(18)21/h2-8H,9-10H2,1H3. The Balaban J connectivity index is 1.82. The average molecular weight is 282 g/mol. The van der Waals surface area contributed by atoms with E-state index in [4.69, 9.17) is 0 Å². The summed E-state index contributed by atoms with van der Waals surface area (Å²) in [7, 11) is 0. The smallest absolute Gasteiger partial charge is 0.261 e. The number of carbonyl (C=O) groups is 2. The van der Waals surface area contributed by atoms with Gasteiger partial charge in [-0.3, -0.25) is 19.3 Å². The number of aryl methyl sites for hydroxylation is 1. The van der Waals surface area contributed by atoms with Gasteiger partial charge in [0.2, 0.25) is 0 Å². The molecule has 0 fully saturated rings. The molecule has 1 aromatic carbocycles. The topological polar surface area (TPSA) is 59.4 Å². The lowest BCUT2D eigenvalue weighted by Gasteiger charge is -2.14. The number of amides is 2. The summed E-state index contributed by atoms with van der Waals surface area (Å²) in [6, 6.07) is 10.3. The van der Waals surface area contributed by atoms with Gasteiger partial charge in [-0.15, -0.1) is 0 Å². The van der Waals surface area contributed by atoms with Crippen LogP contribution in [0.15, 0.2) is 47.4 Å². The van der Waals surface area contributed by atoms with E-state index in [0.29, 0.717) is 23.2 Å². The minimum Gasteiger partial charge on any atom is -0.314 e. The second-order valence-electron chi connectivity index (χ2n) is 5.00. The number of carbonyl (C=O) groups excluding carboxylic acids is 2. The predicted molar refractivity (Wildman–Crippen MR) is 77.2 cm³/mol. The third kappa shape index (κ3) is 2.16. The quantitative estimate of drug-likeness (QED) is 0.801. The van der Waals surface area contributed by atoms with Crippen LogP contribution in [0.2, 0.25) is 0 Å². The average Bonchev–Trinajstić information content (AvgIpc) is 2.73. The highest BCUT2D eigenvalue weighted by molar-refractivity contribution is 6.21. The van der Waals surface area contributed by atoms with Gasteiger partial charge in [-0.25, -0.2) is 0 Å². The van der Waals surface area contributed by atoms with Crippen molar-refractivity contribution in [3.05, 3.63) is 69.6 Å². The first-order valence-electron chi connectivity index (χ1n) is 6.71. The van der Waals surface area contributed by atoms with Crippen LogP contribution in [0.3, 0.4) is 0 Å². The summed E-state index contributed by atoms with van der Waals surface area (Å²) in [6.07, 6.45) is 1.66. The van der Waals surface area contributed by atoms with Crippen LogP contribution in [0, 0.1) is 6.92 Å². The van der Waals surface area contributed by atoms with Crippen LogP contribution in [0.4, 0.5) is 0 Å². The molecule has 0 spiro atoms. The van der Waals surface area contributed by atoms with E-state index >= 15 is 0 Å². The number of benzene rings is 1.